The molecule has 0 spiro atoms. The van der Waals surface area contributed by atoms with E-state index in [1.807, 2.05) is 41.5 Å². The third-order valence-electron chi connectivity index (χ3n) is 2.98. The molecule has 0 radical (unpaired) electrons. The van der Waals surface area contributed by atoms with Gasteiger partial charge in [0.15, 0.2) is 5.82 Å². The zero-order valence-electron chi connectivity index (χ0n) is 12.3. The van der Waals surface area contributed by atoms with Gasteiger partial charge < -0.3 is 5.73 Å². The number of fused-ring (bicyclic) bond motifs is 1. The first-order valence-corrected chi connectivity index (χ1v) is 6.31. The van der Waals surface area contributed by atoms with Crippen LogP contribution in [0.3, 0.4) is 0 Å². The fraction of sp³-hybridized carbons (Fsp3) is 0.615. The van der Waals surface area contributed by atoms with Crippen LogP contribution < -0.4 is 11.3 Å². The molecule has 0 unspecified atom stereocenters. The molecule has 2 heterocycles. The van der Waals surface area contributed by atoms with Gasteiger partial charge in [-0.2, -0.15) is 10.2 Å². The minimum Gasteiger partial charge on any atom is -0.382 e. The van der Waals surface area contributed by atoms with Gasteiger partial charge in [-0.25, -0.2) is 5.10 Å². The molecule has 0 amide bonds. The highest BCUT2D eigenvalue weighted by molar-refractivity contribution is 5.91. The number of aromatic nitrogens is 4. The second-order valence-corrected chi connectivity index (χ2v) is 6.84. The number of rotatable bonds is 0. The molecule has 2 aromatic heterocycles. The maximum atomic E-state index is 12.1. The van der Waals surface area contributed by atoms with Gasteiger partial charge in [-0.15, -0.1) is 0 Å². The molecule has 3 N–H and O–H groups in total. The highest BCUT2D eigenvalue weighted by Gasteiger charge is 2.29. The first-order chi connectivity index (χ1) is 8.53. The third kappa shape index (κ3) is 2.11. The summed E-state index contributed by atoms with van der Waals surface area (Å²) in [5.74, 6) is 0.315. The quantitative estimate of drug-likeness (QED) is 0.757. The Morgan fingerprint density at radius 2 is 1.74 bits per heavy atom. The number of nitrogens with one attached hydrogen (secondary N) is 1. The lowest BCUT2D eigenvalue weighted by atomic mass is 9.90. The van der Waals surface area contributed by atoms with Crippen LogP contribution in [-0.2, 0) is 11.0 Å². The Hall–Kier alpha value is -1.85. The van der Waals surface area contributed by atoms with Gasteiger partial charge in [-0.3, -0.25) is 9.48 Å². The predicted molar refractivity (Wildman–Crippen MR) is 76.3 cm³/mol. The van der Waals surface area contributed by atoms with Crippen molar-refractivity contribution in [3.8, 4) is 0 Å². The number of hydrogen-bond acceptors (Lipinski definition) is 4. The topological polar surface area (TPSA) is 89.6 Å². The molecule has 6 heteroatoms. The van der Waals surface area contributed by atoms with Gasteiger partial charge in [0.1, 0.15) is 5.52 Å². The molecule has 0 aliphatic rings. The third-order valence-corrected chi connectivity index (χ3v) is 2.98. The zero-order valence-corrected chi connectivity index (χ0v) is 12.3. The molecule has 0 bridgehead atoms. The number of nitrogens with two attached hydrogens (primary N) is 1. The second kappa shape index (κ2) is 3.82. The van der Waals surface area contributed by atoms with Crippen molar-refractivity contribution < 1.29 is 0 Å². The summed E-state index contributed by atoms with van der Waals surface area (Å²) < 4.78 is 1.74. The van der Waals surface area contributed by atoms with E-state index in [1.54, 1.807) is 4.68 Å². The van der Waals surface area contributed by atoms with Crippen molar-refractivity contribution in [1.82, 2.24) is 20.0 Å². The Kier molecular flexibility index (Phi) is 2.73. The molecular formula is C13H21N5O. The van der Waals surface area contributed by atoms with Gasteiger partial charge in [0.2, 0.25) is 0 Å². The van der Waals surface area contributed by atoms with E-state index in [9.17, 15) is 4.79 Å². The van der Waals surface area contributed by atoms with Gasteiger partial charge in [0.05, 0.1) is 16.6 Å². The summed E-state index contributed by atoms with van der Waals surface area (Å²) in [5, 5.41) is 11.6. The average molecular weight is 263 g/mol. The highest BCUT2D eigenvalue weighted by Crippen LogP contribution is 2.32. The molecule has 0 atom stereocenters. The van der Waals surface area contributed by atoms with E-state index >= 15 is 0 Å². The summed E-state index contributed by atoms with van der Waals surface area (Å²) in [6.45, 7) is 12.1. The Morgan fingerprint density at radius 1 is 1.16 bits per heavy atom. The molecular weight excluding hydrogens is 242 g/mol. The van der Waals surface area contributed by atoms with Crippen molar-refractivity contribution in [2.45, 2.75) is 52.5 Å². The van der Waals surface area contributed by atoms with E-state index < -0.39 is 0 Å². The van der Waals surface area contributed by atoms with Crippen molar-refractivity contribution >= 4 is 16.7 Å². The van der Waals surface area contributed by atoms with Gasteiger partial charge in [0, 0.05) is 5.41 Å². The fourth-order valence-corrected chi connectivity index (χ4v) is 2.10. The number of aromatic amines is 1. The van der Waals surface area contributed by atoms with E-state index in [2.05, 4.69) is 15.3 Å². The number of nitrogen functional groups attached to an aromatic ring is 1. The van der Waals surface area contributed by atoms with Crippen LogP contribution in [0.2, 0.25) is 0 Å². The van der Waals surface area contributed by atoms with Crippen LogP contribution in [0.15, 0.2) is 4.79 Å². The summed E-state index contributed by atoms with van der Waals surface area (Å²) in [6.07, 6.45) is 0. The predicted octanol–water partition coefficient (Wildman–Crippen LogP) is 1.75. The van der Waals surface area contributed by atoms with E-state index in [0.29, 0.717) is 16.7 Å². The Morgan fingerprint density at radius 3 is 2.21 bits per heavy atom. The summed E-state index contributed by atoms with van der Waals surface area (Å²) in [6, 6.07) is 0. The van der Waals surface area contributed by atoms with Crippen molar-refractivity contribution in [3.63, 3.8) is 0 Å². The lowest BCUT2D eigenvalue weighted by Gasteiger charge is -2.20. The van der Waals surface area contributed by atoms with Crippen LogP contribution >= 0.6 is 0 Å². The summed E-state index contributed by atoms with van der Waals surface area (Å²) >= 11 is 0. The molecule has 2 rings (SSSR count). The Labute approximate surface area is 112 Å². The van der Waals surface area contributed by atoms with Crippen molar-refractivity contribution in [1.29, 1.82) is 0 Å². The minimum absolute atomic E-state index is 0.210. The van der Waals surface area contributed by atoms with Crippen molar-refractivity contribution in [3.05, 3.63) is 16.0 Å². The zero-order chi connectivity index (χ0) is 14.6. The minimum atomic E-state index is -0.303. The molecule has 0 aliphatic carbocycles. The summed E-state index contributed by atoms with van der Waals surface area (Å²) in [5.41, 5.74) is 6.46. The first kappa shape index (κ1) is 13.6. The molecule has 19 heavy (non-hydrogen) atoms. The summed E-state index contributed by atoms with van der Waals surface area (Å²) in [7, 11) is 0. The molecule has 0 fully saturated rings. The Balaban J connectivity index is 3.03. The monoisotopic (exact) mass is 263 g/mol. The van der Waals surface area contributed by atoms with Gasteiger partial charge in [-0.1, -0.05) is 20.8 Å². The smallest absolute Gasteiger partial charge is 0.290 e. The largest absolute Gasteiger partial charge is 0.382 e. The molecule has 0 saturated heterocycles. The molecule has 2 aromatic rings. The van der Waals surface area contributed by atoms with E-state index in [1.165, 1.54) is 0 Å². The molecule has 0 saturated carbocycles. The van der Waals surface area contributed by atoms with Gasteiger partial charge in [0.25, 0.3) is 5.56 Å². The molecule has 6 nitrogen and oxygen atoms in total. The first-order valence-electron chi connectivity index (χ1n) is 6.31. The summed E-state index contributed by atoms with van der Waals surface area (Å²) in [4.78, 5) is 12.1. The maximum Gasteiger partial charge on any atom is 0.290 e. The number of anilines is 1. The molecule has 0 aromatic carbocycles. The van der Waals surface area contributed by atoms with Crippen LogP contribution in [0.25, 0.3) is 10.9 Å². The van der Waals surface area contributed by atoms with Gasteiger partial charge >= 0.3 is 0 Å². The maximum absolute atomic E-state index is 12.1. The second-order valence-electron chi connectivity index (χ2n) is 6.84. The number of hydrogen-bond donors (Lipinski definition) is 2. The average Bonchev–Trinajstić information content (AvgIpc) is 2.63. The van der Waals surface area contributed by atoms with Crippen LogP contribution in [0.4, 0.5) is 5.82 Å². The van der Waals surface area contributed by atoms with Crippen LogP contribution in [0, 0.1) is 0 Å². The van der Waals surface area contributed by atoms with E-state index in [0.717, 1.165) is 5.69 Å². The number of H-pyrrole nitrogens is 1. The van der Waals surface area contributed by atoms with Crippen LogP contribution in [-0.4, -0.2) is 20.0 Å². The SMILES string of the molecule is CC(C)(C)c1nn(C(C)(C)C)c2c(=O)[nH]nc(N)c12. The molecule has 0 aliphatic heterocycles. The lowest BCUT2D eigenvalue weighted by Crippen LogP contribution is -2.27. The van der Waals surface area contributed by atoms with Crippen LogP contribution in [0.5, 0.6) is 0 Å². The fourth-order valence-electron chi connectivity index (χ4n) is 2.10. The van der Waals surface area contributed by atoms with Crippen molar-refractivity contribution in [2.75, 3.05) is 5.73 Å². The highest BCUT2D eigenvalue weighted by atomic mass is 16.1. The van der Waals surface area contributed by atoms with Crippen molar-refractivity contribution in [2.24, 2.45) is 0 Å². The van der Waals surface area contributed by atoms with E-state index in [-0.39, 0.29) is 16.5 Å². The van der Waals surface area contributed by atoms with E-state index in [4.69, 9.17) is 5.73 Å². The molecule has 104 valence electrons. The lowest BCUT2D eigenvalue weighted by molar-refractivity contribution is 0.359. The number of nitrogens with zero attached hydrogens (tertiary/aromatic N) is 3. The Bertz CT molecular complexity index is 682. The van der Waals surface area contributed by atoms with Crippen LogP contribution in [0.1, 0.15) is 47.2 Å². The van der Waals surface area contributed by atoms with Gasteiger partial charge in [-0.05, 0) is 20.8 Å². The normalized spacial score (nSPS) is 13.2. The standard InChI is InChI=1S/C13H21N5O/c1-12(2,3)9-7-8(11(19)16-15-10(7)14)18(17-9)13(4,5)6/h1-6H3,(H2,14,15)(H,16,19).